The van der Waals surface area contributed by atoms with Gasteiger partial charge in [-0.1, -0.05) is 36.4 Å². The monoisotopic (exact) mass is 542 g/mol. The molecule has 9 heteroatoms. The van der Waals surface area contributed by atoms with Crippen LogP contribution in [0.3, 0.4) is 0 Å². The van der Waals surface area contributed by atoms with Gasteiger partial charge < -0.3 is 28.4 Å². The van der Waals surface area contributed by atoms with E-state index in [4.69, 9.17) is 28.4 Å². The number of benzene rings is 4. The molecular formula is C31H26O9. The average molecular weight is 543 g/mol. The molecule has 0 aliphatic rings. The first-order chi connectivity index (χ1) is 19.4. The van der Waals surface area contributed by atoms with E-state index in [0.29, 0.717) is 0 Å². The Morgan fingerprint density at radius 1 is 0.450 bits per heavy atom. The van der Waals surface area contributed by atoms with Gasteiger partial charge in [0.15, 0.2) is 23.0 Å². The van der Waals surface area contributed by atoms with Crippen molar-refractivity contribution in [3.8, 4) is 34.5 Å². The van der Waals surface area contributed by atoms with Gasteiger partial charge in [-0.15, -0.1) is 0 Å². The summed E-state index contributed by atoms with van der Waals surface area (Å²) in [6.45, 7) is 0. The van der Waals surface area contributed by atoms with Crippen LogP contribution in [-0.2, 0) is 0 Å². The van der Waals surface area contributed by atoms with Crippen LogP contribution in [0.15, 0.2) is 84.9 Å². The van der Waals surface area contributed by atoms with Crippen LogP contribution in [0, 0.1) is 0 Å². The molecule has 4 rings (SSSR count). The summed E-state index contributed by atoms with van der Waals surface area (Å²) in [6.07, 6.45) is 0. The lowest BCUT2D eigenvalue weighted by molar-refractivity contribution is 0.0720. The van der Waals surface area contributed by atoms with Gasteiger partial charge in [0.25, 0.3) is 0 Å². The van der Waals surface area contributed by atoms with Crippen LogP contribution in [0.5, 0.6) is 34.5 Å². The minimum absolute atomic E-state index is 0.0286. The van der Waals surface area contributed by atoms with Crippen molar-refractivity contribution in [3.05, 3.63) is 107 Å². The molecule has 0 atom stereocenters. The summed E-state index contributed by atoms with van der Waals surface area (Å²) in [5.74, 6) is -1.90. The molecule has 0 N–H and O–H groups in total. The molecule has 0 bridgehead atoms. The fraction of sp³-hybridized carbons (Fsp3) is 0.129. The third-order valence-corrected chi connectivity index (χ3v) is 5.90. The van der Waals surface area contributed by atoms with Gasteiger partial charge in [-0.25, -0.2) is 9.59 Å². The second-order valence-corrected chi connectivity index (χ2v) is 8.20. The minimum Gasteiger partial charge on any atom is -0.493 e. The van der Waals surface area contributed by atoms with Gasteiger partial charge in [0, 0.05) is 0 Å². The maximum Gasteiger partial charge on any atom is 0.343 e. The van der Waals surface area contributed by atoms with Crippen LogP contribution in [0.4, 0.5) is 0 Å². The predicted octanol–water partition coefficient (Wildman–Crippen LogP) is 5.39. The minimum atomic E-state index is -0.718. The van der Waals surface area contributed by atoms with Crippen LogP contribution < -0.4 is 28.4 Å². The Bertz CT molecular complexity index is 1410. The summed E-state index contributed by atoms with van der Waals surface area (Å²) in [5, 5.41) is 0. The zero-order valence-corrected chi connectivity index (χ0v) is 22.3. The number of carbonyl (C=O) groups is 3. The quantitative estimate of drug-likeness (QED) is 0.148. The maximum atomic E-state index is 14.1. The fourth-order valence-corrected chi connectivity index (χ4v) is 3.95. The predicted molar refractivity (Wildman–Crippen MR) is 145 cm³/mol. The molecule has 40 heavy (non-hydrogen) atoms. The second kappa shape index (κ2) is 12.5. The lowest BCUT2D eigenvalue weighted by Crippen LogP contribution is -2.16. The first-order valence-corrected chi connectivity index (χ1v) is 12.0. The summed E-state index contributed by atoms with van der Waals surface area (Å²) in [6, 6.07) is 22.4. The molecule has 0 aromatic heterocycles. The molecular weight excluding hydrogens is 516 g/mol. The largest absolute Gasteiger partial charge is 0.493 e. The van der Waals surface area contributed by atoms with E-state index in [1.54, 1.807) is 60.7 Å². The van der Waals surface area contributed by atoms with E-state index >= 15 is 0 Å². The maximum absolute atomic E-state index is 14.1. The highest BCUT2D eigenvalue weighted by atomic mass is 16.6. The Morgan fingerprint density at radius 2 is 0.825 bits per heavy atom. The van der Waals surface area contributed by atoms with E-state index in [1.807, 2.05) is 0 Å². The number of hydrogen-bond acceptors (Lipinski definition) is 9. The van der Waals surface area contributed by atoms with Crippen molar-refractivity contribution in [2.75, 3.05) is 28.4 Å². The normalized spacial score (nSPS) is 10.3. The molecule has 0 aliphatic carbocycles. The lowest BCUT2D eigenvalue weighted by Gasteiger charge is -2.19. The van der Waals surface area contributed by atoms with Crippen LogP contribution in [0.1, 0.15) is 36.6 Å². The molecule has 0 heterocycles. The molecule has 0 fully saturated rings. The molecule has 4 aromatic carbocycles. The summed E-state index contributed by atoms with van der Waals surface area (Å²) in [7, 11) is 5.54. The van der Waals surface area contributed by atoms with Crippen molar-refractivity contribution in [2.24, 2.45) is 0 Å². The number of carbonyl (C=O) groups excluding carboxylic acids is 3. The SMILES string of the molecule is COc1ccc(C(=O)c2ccc(OC)c(OC)c2OC(=O)c2ccccc2)c(OC(=O)c2ccccc2)c1OC. The number of rotatable bonds is 10. The topological polar surface area (TPSA) is 107 Å². The first kappa shape index (κ1) is 27.7. The molecule has 9 nitrogen and oxygen atoms in total. The van der Waals surface area contributed by atoms with Gasteiger partial charge in [-0.05, 0) is 48.5 Å². The van der Waals surface area contributed by atoms with Crippen LogP contribution in [0.2, 0.25) is 0 Å². The average Bonchev–Trinajstić information content (AvgIpc) is 3.00. The van der Waals surface area contributed by atoms with Crippen molar-refractivity contribution >= 4 is 17.7 Å². The molecule has 0 amide bonds. The molecule has 0 saturated carbocycles. The number of ether oxygens (including phenoxy) is 6. The summed E-state index contributed by atoms with van der Waals surface area (Å²) < 4.78 is 33.1. The number of methoxy groups -OCH3 is 4. The van der Waals surface area contributed by atoms with Gasteiger partial charge in [0.2, 0.25) is 17.3 Å². The fourth-order valence-electron chi connectivity index (χ4n) is 3.95. The van der Waals surface area contributed by atoms with Gasteiger partial charge in [0.05, 0.1) is 50.7 Å². The van der Waals surface area contributed by atoms with Crippen LogP contribution >= 0.6 is 0 Å². The Morgan fingerprint density at radius 3 is 1.15 bits per heavy atom. The Kier molecular flexibility index (Phi) is 8.65. The van der Waals surface area contributed by atoms with Crippen molar-refractivity contribution < 1.29 is 42.8 Å². The van der Waals surface area contributed by atoms with E-state index in [2.05, 4.69) is 0 Å². The molecule has 0 saturated heterocycles. The first-order valence-electron chi connectivity index (χ1n) is 12.0. The molecule has 0 aliphatic heterocycles. The number of hydrogen-bond donors (Lipinski definition) is 0. The van der Waals surface area contributed by atoms with E-state index in [1.165, 1.54) is 52.7 Å². The van der Waals surface area contributed by atoms with Gasteiger partial charge >= 0.3 is 11.9 Å². The highest BCUT2D eigenvalue weighted by Gasteiger charge is 2.30. The zero-order chi connectivity index (χ0) is 28.6. The zero-order valence-electron chi connectivity index (χ0n) is 22.3. The summed E-state index contributed by atoms with van der Waals surface area (Å²) in [5.41, 5.74) is 0.418. The third-order valence-electron chi connectivity index (χ3n) is 5.90. The standard InChI is InChI=1S/C31H26O9/c1-35-23-17-15-21(26(28(23)37-3)39-30(33)19-11-7-5-8-12-19)25(32)22-16-18-24(36-2)29(38-4)27(22)40-31(34)20-13-9-6-10-14-20/h5-18H,1-4H3. The highest BCUT2D eigenvalue weighted by molar-refractivity contribution is 6.14. The van der Waals surface area contributed by atoms with E-state index < -0.39 is 17.7 Å². The van der Waals surface area contributed by atoms with Gasteiger partial charge in [0.1, 0.15) is 0 Å². The Labute approximate surface area is 230 Å². The molecule has 0 spiro atoms. The Hall–Kier alpha value is -5.31. The van der Waals surface area contributed by atoms with E-state index in [-0.39, 0.29) is 56.8 Å². The van der Waals surface area contributed by atoms with Gasteiger partial charge in [-0.2, -0.15) is 0 Å². The molecule has 204 valence electrons. The van der Waals surface area contributed by atoms with Crippen molar-refractivity contribution in [1.29, 1.82) is 0 Å². The van der Waals surface area contributed by atoms with Crippen molar-refractivity contribution in [3.63, 3.8) is 0 Å². The molecule has 0 unspecified atom stereocenters. The van der Waals surface area contributed by atoms with Crippen molar-refractivity contribution in [2.45, 2.75) is 0 Å². The summed E-state index contributed by atoms with van der Waals surface area (Å²) >= 11 is 0. The van der Waals surface area contributed by atoms with E-state index in [9.17, 15) is 14.4 Å². The van der Waals surface area contributed by atoms with E-state index in [0.717, 1.165) is 0 Å². The second-order valence-electron chi connectivity index (χ2n) is 8.20. The molecule has 4 aromatic rings. The van der Waals surface area contributed by atoms with Crippen LogP contribution in [-0.4, -0.2) is 46.2 Å². The number of esters is 2. The lowest BCUT2D eigenvalue weighted by atomic mass is 9.99. The van der Waals surface area contributed by atoms with Crippen LogP contribution in [0.25, 0.3) is 0 Å². The summed E-state index contributed by atoms with van der Waals surface area (Å²) in [4.78, 5) is 40.1. The highest BCUT2D eigenvalue weighted by Crippen LogP contribution is 2.45. The Balaban J connectivity index is 1.86. The molecule has 0 radical (unpaired) electrons. The van der Waals surface area contributed by atoms with Gasteiger partial charge in [-0.3, -0.25) is 4.79 Å². The third kappa shape index (κ3) is 5.58. The smallest absolute Gasteiger partial charge is 0.343 e. The van der Waals surface area contributed by atoms with Crippen molar-refractivity contribution in [1.82, 2.24) is 0 Å². The number of ketones is 1.